The zero-order valence-corrected chi connectivity index (χ0v) is 20.1. The van der Waals surface area contributed by atoms with Crippen molar-refractivity contribution in [3.8, 4) is 22.9 Å². The van der Waals surface area contributed by atoms with Gasteiger partial charge < -0.3 is 14.8 Å². The van der Waals surface area contributed by atoms with E-state index in [0.29, 0.717) is 30.7 Å². The van der Waals surface area contributed by atoms with E-state index in [-0.39, 0.29) is 17.7 Å². The summed E-state index contributed by atoms with van der Waals surface area (Å²) >= 11 is 1.36. The molecule has 3 heterocycles. The lowest BCUT2D eigenvalue weighted by Crippen LogP contribution is -2.28. The minimum Gasteiger partial charge on any atom is -0.486 e. The highest BCUT2D eigenvalue weighted by atomic mass is 32.2. The molecule has 0 unspecified atom stereocenters. The summed E-state index contributed by atoms with van der Waals surface area (Å²) in [4.78, 5) is 17.0. The third-order valence-electron chi connectivity index (χ3n) is 5.60. The lowest BCUT2D eigenvalue weighted by molar-refractivity contribution is -0.119. The maximum atomic E-state index is 12.8. The van der Waals surface area contributed by atoms with Gasteiger partial charge in [-0.3, -0.25) is 14.3 Å². The molecule has 0 radical (unpaired) electrons. The lowest BCUT2D eigenvalue weighted by atomic mass is 10.1. The van der Waals surface area contributed by atoms with E-state index < -0.39 is 0 Å². The molecule has 8 nitrogen and oxygen atoms in total. The molecular formula is C26H25N5O3S. The predicted molar refractivity (Wildman–Crippen MR) is 134 cm³/mol. The number of fused-ring (bicyclic) bond motifs is 1. The van der Waals surface area contributed by atoms with Crippen molar-refractivity contribution in [3.63, 3.8) is 0 Å². The van der Waals surface area contributed by atoms with Gasteiger partial charge in [-0.2, -0.15) is 0 Å². The smallest absolute Gasteiger partial charge is 0.230 e. The van der Waals surface area contributed by atoms with Crippen molar-refractivity contribution in [2.24, 2.45) is 0 Å². The number of ether oxygens (including phenoxy) is 2. The van der Waals surface area contributed by atoms with Crippen LogP contribution in [0.15, 0.2) is 78.2 Å². The molecule has 1 amide bonds. The van der Waals surface area contributed by atoms with Gasteiger partial charge in [0.05, 0.1) is 18.3 Å². The van der Waals surface area contributed by atoms with Crippen LogP contribution in [-0.2, 0) is 11.3 Å². The van der Waals surface area contributed by atoms with Gasteiger partial charge in [0.2, 0.25) is 5.91 Å². The Labute approximate surface area is 207 Å². The zero-order valence-electron chi connectivity index (χ0n) is 19.3. The van der Waals surface area contributed by atoms with Crippen LogP contribution < -0.4 is 14.8 Å². The number of aromatic nitrogens is 4. The van der Waals surface area contributed by atoms with Crippen molar-refractivity contribution in [2.75, 3.05) is 19.0 Å². The van der Waals surface area contributed by atoms with E-state index in [1.807, 2.05) is 60.0 Å². The Kier molecular flexibility index (Phi) is 6.94. The van der Waals surface area contributed by atoms with Gasteiger partial charge in [0.25, 0.3) is 0 Å². The summed E-state index contributed by atoms with van der Waals surface area (Å²) in [6.45, 7) is 3.62. The molecule has 4 aromatic rings. The van der Waals surface area contributed by atoms with Crippen LogP contribution >= 0.6 is 11.8 Å². The van der Waals surface area contributed by atoms with Crippen molar-refractivity contribution in [1.82, 2.24) is 25.1 Å². The van der Waals surface area contributed by atoms with Crippen molar-refractivity contribution in [1.29, 1.82) is 0 Å². The number of hydrogen-bond acceptors (Lipinski definition) is 7. The standard InChI is InChI=1S/C26H25N5O3S/c1-18(20-9-10-22-23(14-20)34-13-12-33-22)28-24(32)17-35-26-30-29-25(21-8-5-11-27-15-21)31(26)16-19-6-3-2-4-7-19/h2-11,14-15,18H,12-13,16-17H2,1H3,(H,28,32)/t18-/m0/s1. The number of hydrogen-bond donors (Lipinski definition) is 1. The molecule has 1 N–H and O–H groups in total. The van der Waals surface area contributed by atoms with Crippen LogP contribution in [0.5, 0.6) is 11.5 Å². The quantitative estimate of drug-likeness (QED) is 0.374. The third kappa shape index (κ3) is 5.46. The largest absolute Gasteiger partial charge is 0.486 e. The minimum atomic E-state index is -0.174. The second-order valence-electron chi connectivity index (χ2n) is 8.10. The maximum absolute atomic E-state index is 12.8. The number of carbonyl (C=O) groups is 1. The SMILES string of the molecule is C[C@H](NC(=O)CSc1nnc(-c2cccnc2)n1Cc1ccccc1)c1ccc2c(c1)OCCO2. The summed E-state index contributed by atoms with van der Waals surface area (Å²) in [5, 5.41) is 12.5. The van der Waals surface area contributed by atoms with Gasteiger partial charge in [-0.05, 0) is 42.3 Å². The highest BCUT2D eigenvalue weighted by Crippen LogP contribution is 2.32. The van der Waals surface area contributed by atoms with E-state index in [1.165, 1.54) is 11.8 Å². The first kappa shape index (κ1) is 22.9. The Morgan fingerprint density at radius 3 is 2.69 bits per heavy atom. The average Bonchev–Trinajstić information content (AvgIpc) is 3.30. The normalized spacial score (nSPS) is 13.3. The molecule has 9 heteroatoms. The molecule has 0 aliphatic carbocycles. The van der Waals surface area contributed by atoms with Crippen LogP contribution in [0.25, 0.3) is 11.4 Å². The van der Waals surface area contributed by atoms with Gasteiger partial charge >= 0.3 is 0 Å². The third-order valence-corrected chi connectivity index (χ3v) is 6.56. The highest BCUT2D eigenvalue weighted by Gasteiger charge is 2.19. The van der Waals surface area contributed by atoms with E-state index in [0.717, 1.165) is 28.3 Å². The lowest BCUT2D eigenvalue weighted by Gasteiger charge is -2.21. The molecule has 5 rings (SSSR count). The molecule has 0 saturated carbocycles. The number of pyridine rings is 1. The first-order chi connectivity index (χ1) is 17.2. The van der Waals surface area contributed by atoms with Crippen LogP contribution in [0.2, 0.25) is 0 Å². The molecule has 0 saturated heterocycles. The zero-order chi connectivity index (χ0) is 24.0. The van der Waals surface area contributed by atoms with E-state index in [1.54, 1.807) is 12.4 Å². The van der Waals surface area contributed by atoms with Crippen LogP contribution in [0.4, 0.5) is 0 Å². The fourth-order valence-corrected chi connectivity index (χ4v) is 4.59. The van der Waals surface area contributed by atoms with Gasteiger partial charge in [0.15, 0.2) is 22.5 Å². The van der Waals surface area contributed by atoms with Crippen LogP contribution in [-0.4, -0.2) is 44.6 Å². The van der Waals surface area contributed by atoms with Crippen LogP contribution in [0.1, 0.15) is 24.1 Å². The fourth-order valence-electron chi connectivity index (χ4n) is 3.84. The Bertz CT molecular complexity index is 1300. The fraction of sp³-hybridized carbons (Fsp3) is 0.231. The molecule has 1 atom stereocenters. The number of carbonyl (C=O) groups excluding carboxylic acids is 1. The summed E-state index contributed by atoms with van der Waals surface area (Å²) in [6.07, 6.45) is 3.49. The maximum Gasteiger partial charge on any atom is 0.230 e. The Morgan fingerprint density at radius 2 is 1.89 bits per heavy atom. The Morgan fingerprint density at radius 1 is 1.06 bits per heavy atom. The van der Waals surface area contributed by atoms with Crippen LogP contribution in [0.3, 0.4) is 0 Å². The van der Waals surface area contributed by atoms with Crippen molar-refractivity contribution in [3.05, 3.63) is 84.2 Å². The number of nitrogens with one attached hydrogen (secondary N) is 1. The molecule has 2 aromatic carbocycles. The molecule has 1 aliphatic heterocycles. The van der Waals surface area contributed by atoms with Crippen molar-refractivity contribution in [2.45, 2.75) is 24.7 Å². The number of thioether (sulfide) groups is 1. The number of amides is 1. The number of nitrogens with zero attached hydrogens (tertiary/aromatic N) is 4. The molecule has 178 valence electrons. The van der Waals surface area contributed by atoms with E-state index >= 15 is 0 Å². The second kappa shape index (κ2) is 10.6. The van der Waals surface area contributed by atoms with Crippen molar-refractivity contribution >= 4 is 17.7 Å². The van der Waals surface area contributed by atoms with Gasteiger partial charge in [-0.25, -0.2) is 0 Å². The van der Waals surface area contributed by atoms with E-state index in [4.69, 9.17) is 9.47 Å². The molecular weight excluding hydrogens is 462 g/mol. The predicted octanol–water partition coefficient (Wildman–Crippen LogP) is 4.13. The summed E-state index contributed by atoms with van der Waals surface area (Å²) in [6, 6.07) is 19.5. The summed E-state index contributed by atoms with van der Waals surface area (Å²) in [5.74, 6) is 2.29. The first-order valence-corrected chi connectivity index (χ1v) is 12.3. The Hall–Kier alpha value is -3.85. The summed E-state index contributed by atoms with van der Waals surface area (Å²) in [7, 11) is 0. The summed E-state index contributed by atoms with van der Waals surface area (Å²) in [5.41, 5.74) is 2.95. The van der Waals surface area contributed by atoms with Gasteiger partial charge in [-0.15, -0.1) is 10.2 Å². The topological polar surface area (TPSA) is 91.2 Å². The second-order valence-corrected chi connectivity index (χ2v) is 9.04. The Balaban J connectivity index is 1.28. The highest BCUT2D eigenvalue weighted by molar-refractivity contribution is 7.99. The minimum absolute atomic E-state index is 0.0884. The average molecular weight is 488 g/mol. The van der Waals surface area contributed by atoms with Gasteiger partial charge in [0.1, 0.15) is 13.2 Å². The monoisotopic (exact) mass is 487 g/mol. The van der Waals surface area contributed by atoms with Crippen LogP contribution in [0, 0.1) is 0 Å². The van der Waals surface area contributed by atoms with Crippen molar-refractivity contribution < 1.29 is 14.3 Å². The molecule has 1 aliphatic rings. The first-order valence-electron chi connectivity index (χ1n) is 11.4. The molecule has 0 spiro atoms. The molecule has 0 fully saturated rings. The van der Waals surface area contributed by atoms with E-state index in [2.05, 4.69) is 32.6 Å². The number of rotatable bonds is 8. The van der Waals surface area contributed by atoms with E-state index in [9.17, 15) is 4.79 Å². The number of benzene rings is 2. The summed E-state index contributed by atoms with van der Waals surface area (Å²) < 4.78 is 13.3. The molecule has 35 heavy (non-hydrogen) atoms. The molecule has 0 bridgehead atoms. The van der Waals surface area contributed by atoms with Gasteiger partial charge in [0, 0.05) is 18.0 Å². The molecule has 2 aromatic heterocycles. The van der Waals surface area contributed by atoms with Gasteiger partial charge in [-0.1, -0.05) is 48.2 Å².